The van der Waals surface area contributed by atoms with Crippen LogP contribution in [0.15, 0.2) is 28.8 Å². The Kier molecular flexibility index (Phi) is 4.43. The van der Waals surface area contributed by atoms with Gasteiger partial charge in [-0.05, 0) is 44.0 Å². The average Bonchev–Trinajstić information content (AvgIpc) is 3.16. The van der Waals surface area contributed by atoms with Gasteiger partial charge in [-0.15, -0.1) is 0 Å². The Morgan fingerprint density at radius 2 is 2.00 bits per heavy atom. The van der Waals surface area contributed by atoms with E-state index in [9.17, 15) is 14.3 Å². The monoisotopic (exact) mass is 318 g/mol. The molecular weight excluding hydrogens is 299 g/mol. The Bertz CT molecular complexity index is 688. The van der Waals surface area contributed by atoms with Crippen molar-refractivity contribution in [2.45, 2.75) is 44.8 Å². The average molecular weight is 318 g/mol. The van der Waals surface area contributed by atoms with E-state index >= 15 is 0 Å². The van der Waals surface area contributed by atoms with Crippen molar-refractivity contribution < 1.29 is 18.8 Å². The van der Waals surface area contributed by atoms with E-state index in [1.54, 1.807) is 0 Å². The van der Waals surface area contributed by atoms with Crippen LogP contribution in [0, 0.1) is 5.82 Å². The van der Waals surface area contributed by atoms with Gasteiger partial charge >= 0.3 is 0 Å². The number of hydrogen-bond donors (Lipinski definition) is 2. The van der Waals surface area contributed by atoms with Gasteiger partial charge in [0.25, 0.3) is 5.91 Å². The molecule has 0 saturated heterocycles. The van der Waals surface area contributed by atoms with E-state index in [-0.39, 0.29) is 29.1 Å². The molecule has 0 unspecified atom stereocenters. The lowest BCUT2D eigenvalue weighted by Crippen LogP contribution is -2.33. The molecule has 1 saturated carbocycles. The lowest BCUT2D eigenvalue weighted by Gasteiger charge is -2.13. The van der Waals surface area contributed by atoms with Crippen LogP contribution in [0.1, 0.15) is 54.8 Å². The second-order valence-corrected chi connectivity index (χ2v) is 5.91. The number of nitrogens with one attached hydrogen (secondary N) is 1. The highest BCUT2D eigenvalue weighted by atomic mass is 19.1. The fraction of sp³-hybridized carbons (Fsp3) is 0.412. The Morgan fingerprint density at radius 3 is 2.61 bits per heavy atom. The molecule has 1 aromatic carbocycles. The van der Waals surface area contributed by atoms with E-state index in [1.807, 2.05) is 0 Å². The molecule has 0 aliphatic heterocycles. The van der Waals surface area contributed by atoms with Crippen LogP contribution in [-0.2, 0) is 0 Å². The summed E-state index contributed by atoms with van der Waals surface area (Å²) in [7, 11) is 0. The number of carbonyl (C=O) groups excluding carboxylic acids is 1. The topological polar surface area (TPSA) is 75.4 Å². The first kappa shape index (κ1) is 15.7. The first-order chi connectivity index (χ1) is 11.1. The number of hydrogen-bond acceptors (Lipinski definition) is 4. The van der Waals surface area contributed by atoms with Gasteiger partial charge < -0.3 is 14.9 Å². The molecule has 122 valence electrons. The third kappa shape index (κ3) is 3.27. The summed E-state index contributed by atoms with van der Waals surface area (Å²) in [5.41, 5.74) is 1.11. The maximum atomic E-state index is 13.1. The van der Waals surface area contributed by atoms with E-state index in [4.69, 9.17) is 4.52 Å². The van der Waals surface area contributed by atoms with Crippen molar-refractivity contribution in [1.82, 2.24) is 10.5 Å². The summed E-state index contributed by atoms with van der Waals surface area (Å²) in [5.74, 6) is -0.557. The van der Waals surface area contributed by atoms with Gasteiger partial charge in [0.15, 0.2) is 5.76 Å². The van der Waals surface area contributed by atoms with Crippen molar-refractivity contribution in [2.24, 2.45) is 0 Å². The minimum absolute atomic E-state index is 0.125. The van der Waals surface area contributed by atoms with Crippen LogP contribution in [-0.4, -0.2) is 22.2 Å². The highest BCUT2D eigenvalue weighted by Gasteiger charge is 2.28. The number of benzene rings is 1. The van der Waals surface area contributed by atoms with Gasteiger partial charge in [0.05, 0.1) is 0 Å². The molecule has 0 bridgehead atoms. The summed E-state index contributed by atoms with van der Waals surface area (Å²) in [6.45, 7) is 1.52. The van der Waals surface area contributed by atoms with Crippen molar-refractivity contribution in [3.05, 3.63) is 41.4 Å². The van der Waals surface area contributed by atoms with Gasteiger partial charge in [-0.1, -0.05) is 18.0 Å². The Hall–Kier alpha value is -2.21. The largest absolute Gasteiger partial charge is 0.385 e. The highest BCUT2D eigenvalue weighted by Crippen LogP contribution is 2.30. The fourth-order valence-electron chi connectivity index (χ4n) is 2.94. The van der Waals surface area contributed by atoms with Crippen LogP contribution in [0.25, 0.3) is 11.3 Å². The molecular formula is C17H19FN2O3. The number of amides is 1. The molecule has 0 spiro atoms. The van der Waals surface area contributed by atoms with Crippen LogP contribution < -0.4 is 5.32 Å². The molecule has 1 fully saturated rings. The van der Waals surface area contributed by atoms with Gasteiger partial charge in [-0.2, -0.15) is 0 Å². The summed E-state index contributed by atoms with van der Waals surface area (Å²) in [5, 5.41) is 16.7. The minimum atomic E-state index is -0.957. The normalized spacial score (nSPS) is 16.5. The Labute approximate surface area is 133 Å². The summed E-state index contributed by atoms with van der Waals surface area (Å²) >= 11 is 0. The predicted molar refractivity (Wildman–Crippen MR) is 82.3 cm³/mol. The number of aromatic nitrogens is 1. The van der Waals surface area contributed by atoms with Gasteiger partial charge in [-0.3, -0.25) is 4.79 Å². The van der Waals surface area contributed by atoms with Crippen molar-refractivity contribution in [1.29, 1.82) is 0 Å². The van der Waals surface area contributed by atoms with Crippen LogP contribution >= 0.6 is 0 Å². The molecule has 1 atom stereocenters. The second-order valence-electron chi connectivity index (χ2n) is 5.91. The van der Waals surface area contributed by atoms with Gasteiger partial charge in [0, 0.05) is 11.6 Å². The molecule has 5 nitrogen and oxygen atoms in total. The molecule has 1 aliphatic rings. The van der Waals surface area contributed by atoms with Crippen molar-refractivity contribution in [2.75, 3.05) is 0 Å². The standard InChI is InChI=1S/C17H19FN2O3/c1-10(21)16-14(17(22)19-13-4-2-3-5-13)15(20-23-16)11-6-8-12(18)9-7-11/h6-10,13,21H,2-5H2,1H3,(H,19,22)/t10-/m0/s1. The van der Waals surface area contributed by atoms with Gasteiger partial charge in [-0.25, -0.2) is 4.39 Å². The zero-order chi connectivity index (χ0) is 16.4. The molecule has 2 N–H and O–H groups in total. The van der Waals surface area contributed by atoms with Crippen LogP contribution in [0.2, 0.25) is 0 Å². The summed E-state index contributed by atoms with van der Waals surface area (Å²) in [4.78, 5) is 12.7. The molecule has 1 aromatic heterocycles. The SMILES string of the molecule is C[C@H](O)c1onc(-c2ccc(F)cc2)c1C(=O)NC1CCCC1. The molecule has 1 aliphatic carbocycles. The number of aliphatic hydroxyl groups is 1. The molecule has 1 heterocycles. The number of rotatable bonds is 4. The van der Waals surface area contributed by atoms with E-state index in [0.29, 0.717) is 11.3 Å². The van der Waals surface area contributed by atoms with Crippen LogP contribution in [0.4, 0.5) is 4.39 Å². The Balaban J connectivity index is 1.96. The molecule has 3 rings (SSSR count). The van der Waals surface area contributed by atoms with Crippen LogP contribution in [0.5, 0.6) is 0 Å². The molecule has 23 heavy (non-hydrogen) atoms. The zero-order valence-corrected chi connectivity index (χ0v) is 12.9. The maximum Gasteiger partial charge on any atom is 0.257 e. The summed E-state index contributed by atoms with van der Waals surface area (Å²) < 4.78 is 18.3. The molecule has 6 heteroatoms. The first-order valence-electron chi connectivity index (χ1n) is 7.80. The minimum Gasteiger partial charge on any atom is -0.385 e. The maximum absolute atomic E-state index is 13.1. The zero-order valence-electron chi connectivity index (χ0n) is 12.9. The van der Waals surface area contributed by atoms with Gasteiger partial charge in [0.1, 0.15) is 23.2 Å². The summed E-state index contributed by atoms with van der Waals surface area (Å²) in [6.07, 6.45) is 3.14. The predicted octanol–water partition coefficient (Wildman–Crippen LogP) is 3.21. The third-order valence-corrected chi connectivity index (χ3v) is 4.13. The second kappa shape index (κ2) is 6.50. The van der Waals surface area contributed by atoms with E-state index < -0.39 is 6.10 Å². The number of nitrogens with zero attached hydrogens (tertiary/aromatic N) is 1. The summed E-state index contributed by atoms with van der Waals surface area (Å²) in [6, 6.07) is 5.80. The lowest BCUT2D eigenvalue weighted by atomic mass is 10.0. The molecule has 0 radical (unpaired) electrons. The van der Waals surface area contributed by atoms with Crippen molar-refractivity contribution in [3.63, 3.8) is 0 Å². The Morgan fingerprint density at radius 1 is 1.35 bits per heavy atom. The number of aliphatic hydroxyl groups excluding tert-OH is 1. The lowest BCUT2D eigenvalue weighted by molar-refractivity contribution is 0.0925. The van der Waals surface area contributed by atoms with Crippen molar-refractivity contribution >= 4 is 5.91 Å². The number of carbonyl (C=O) groups is 1. The highest BCUT2D eigenvalue weighted by molar-refractivity contribution is 6.01. The molecule has 2 aromatic rings. The van der Waals surface area contributed by atoms with Crippen molar-refractivity contribution in [3.8, 4) is 11.3 Å². The molecule has 1 amide bonds. The van der Waals surface area contributed by atoms with Gasteiger partial charge in [0.2, 0.25) is 0 Å². The van der Waals surface area contributed by atoms with E-state index in [2.05, 4.69) is 10.5 Å². The third-order valence-electron chi connectivity index (χ3n) is 4.13. The first-order valence-corrected chi connectivity index (χ1v) is 7.80. The quantitative estimate of drug-likeness (QED) is 0.907. The smallest absolute Gasteiger partial charge is 0.257 e. The van der Waals surface area contributed by atoms with E-state index in [1.165, 1.54) is 31.2 Å². The number of halogens is 1. The fourth-order valence-corrected chi connectivity index (χ4v) is 2.94. The van der Waals surface area contributed by atoms with Crippen LogP contribution in [0.3, 0.4) is 0 Å². The van der Waals surface area contributed by atoms with E-state index in [0.717, 1.165) is 25.7 Å².